The number of likely N-dealkylation sites (tertiary alicyclic amines) is 2. The Morgan fingerprint density at radius 1 is 1.36 bits per heavy atom. The molecule has 0 spiro atoms. The Kier molecular flexibility index (Phi) is 2.98. The fourth-order valence-electron chi connectivity index (χ4n) is 2.64. The van der Waals surface area contributed by atoms with Gasteiger partial charge in [0.05, 0.1) is 0 Å². The Morgan fingerprint density at radius 3 is 2.79 bits per heavy atom. The second kappa shape index (κ2) is 4.07. The molecule has 2 aliphatic heterocycles. The van der Waals surface area contributed by atoms with Gasteiger partial charge in [0, 0.05) is 19.6 Å². The van der Waals surface area contributed by atoms with Crippen LogP contribution in [0.15, 0.2) is 0 Å². The van der Waals surface area contributed by atoms with E-state index in [1.54, 1.807) is 0 Å². The highest BCUT2D eigenvalue weighted by atomic mass is 35.5. The average Bonchev–Trinajstić information content (AvgIpc) is 2.59. The molecule has 2 aliphatic rings. The highest BCUT2D eigenvalue weighted by Gasteiger charge is 2.37. The second-order valence-electron chi connectivity index (χ2n) is 4.50. The summed E-state index contributed by atoms with van der Waals surface area (Å²) in [5.74, 6) is 1.64. The van der Waals surface area contributed by atoms with E-state index in [0.29, 0.717) is 5.92 Å². The van der Waals surface area contributed by atoms with Crippen LogP contribution in [-0.2, 0) is 4.79 Å². The van der Waals surface area contributed by atoms with Gasteiger partial charge in [-0.15, -0.1) is 11.6 Å². The summed E-state index contributed by atoms with van der Waals surface area (Å²) < 4.78 is 0. The summed E-state index contributed by atoms with van der Waals surface area (Å²) in [4.78, 5) is 15.7. The van der Waals surface area contributed by atoms with Crippen molar-refractivity contribution in [1.82, 2.24) is 9.80 Å². The number of alkyl halides is 1. The normalized spacial score (nSPS) is 33.1. The van der Waals surface area contributed by atoms with Crippen molar-refractivity contribution in [3.05, 3.63) is 0 Å². The minimum absolute atomic E-state index is 0.101. The Morgan fingerprint density at radius 2 is 2.07 bits per heavy atom. The molecule has 2 heterocycles. The molecule has 1 amide bonds. The van der Waals surface area contributed by atoms with Crippen molar-refractivity contribution < 1.29 is 4.79 Å². The zero-order valence-electron chi connectivity index (χ0n) is 8.58. The fourth-order valence-corrected chi connectivity index (χ4v) is 2.81. The number of amides is 1. The molecule has 2 saturated heterocycles. The van der Waals surface area contributed by atoms with E-state index in [2.05, 4.69) is 11.9 Å². The summed E-state index contributed by atoms with van der Waals surface area (Å²) in [6.45, 7) is 4.16. The van der Waals surface area contributed by atoms with Gasteiger partial charge >= 0.3 is 0 Å². The van der Waals surface area contributed by atoms with Crippen LogP contribution in [0, 0.1) is 11.8 Å². The molecule has 0 radical (unpaired) electrons. The molecule has 0 aromatic carbocycles. The molecule has 0 bridgehead atoms. The molecule has 0 aromatic rings. The molecule has 4 heteroatoms. The molecule has 3 nitrogen and oxygen atoms in total. The summed E-state index contributed by atoms with van der Waals surface area (Å²) in [5.41, 5.74) is 0. The summed E-state index contributed by atoms with van der Waals surface area (Å²) >= 11 is 5.56. The molecular weight excluding hydrogens is 200 g/mol. The third-order valence-electron chi connectivity index (χ3n) is 3.47. The van der Waals surface area contributed by atoms with Crippen LogP contribution in [0.4, 0.5) is 0 Å². The largest absolute Gasteiger partial charge is 0.341 e. The van der Waals surface area contributed by atoms with E-state index in [1.807, 2.05) is 4.90 Å². The standard InChI is InChI=1S/C10H17ClN2O/c1-12-3-2-8-6-13(10(14)4-11)7-9(8)5-12/h8-9H,2-7H2,1H3. The first kappa shape index (κ1) is 10.2. The predicted molar refractivity (Wildman–Crippen MR) is 56.4 cm³/mol. The Hall–Kier alpha value is -0.280. The van der Waals surface area contributed by atoms with Gasteiger partial charge < -0.3 is 9.80 Å². The van der Waals surface area contributed by atoms with Gasteiger partial charge in [-0.05, 0) is 31.8 Å². The SMILES string of the molecule is CN1CCC2CN(C(=O)CCl)CC2C1. The number of carbonyl (C=O) groups excluding carboxylic acids is 1. The molecule has 2 atom stereocenters. The number of piperidine rings is 1. The molecule has 2 unspecified atom stereocenters. The third-order valence-corrected chi connectivity index (χ3v) is 3.70. The van der Waals surface area contributed by atoms with Crippen molar-refractivity contribution in [2.45, 2.75) is 6.42 Å². The molecule has 14 heavy (non-hydrogen) atoms. The number of hydrogen-bond acceptors (Lipinski definition) is 2. The summed E-state index contributed by atoms with van der Waals surface area (Å²) in [5, 5.41) is 0. The van der Waals surface area contributed by atoms with Crippen molar-refractivity contribution in [3.8, 4) is 0 Å². The van der Waals surface area contributed by atoms with Gasteiger partial charge in [-0.1, -0.05) is 0 Å². The molecule has 0 saturated carbocycles. The third kappa shape index (κ3) is 1.89. The molecule has 2 fully saturated rings. The monoisotopic (exact) mass is 216 g/mol. The number of hydrogen-bond donors (Lipinski definition) is 0. The highest BCUT2D eigenvalue weighted by Crippen LogP contribution is 2.30. The number of fused-ring (bicyclic) bond motifs is 1. The van der Waals surface area contributed by atoms with Gasteiger partial charge in [0.15, 0.2) is 0 Å². The summed E-state index contributed by atoms with van der Waals surface area (Å²) in [6, 6.07) is 0. The van der Waals surface area contributed by atoms with Gasteiger partial charge in [-0.3, -0.25) is 4.79 Å². The Bertz CT molecular complexity index is 234. The van der Waals surface area contributed by atoms with E-state index in [9.17, 15) is 4.79 Å². The fraction of sp³-hybridized carbons (Fsp3) is 0.900. The Labute approximate surface area is 90.0 Å². The maximum absolute atomic E-state index is 11.4. The molecule has 0 aliphatic carbocycles. The zero-order valence-corrected chi connectivity index (χ0v) is 9.33. The number of nitrogens with zero attached hydrogens (tertiary/aromatic N) is 2. The van der Waals surface area contributed by atoms with Gasteiger partial charge in [-0.2, -0.15) is 0 Å². The molecular formula is C10H17ClN2O. The van der Waals surface area contributed by atoms with E-state index in [4.69, 9.17) is 11.6 Å². The lowest BCUT2D eigenvalue weighted by atomic mass is 9.89. The lowest BCUT2D eigenvalue weighted by molar-refractivity contribution is -0.127. The lowest BCUT2D eigenvalue weighted by Gasteiger charge is -2.31. The molecule has 0 aromatic heterocycles. The minimum atomic E-state index is 0.101. The van der Waals surface area contributed by atoms with Crippen LogP contribution < -0.4 is 0 Å². The quantitative estimate of drug-likeness (QED) is 0.601. The Balaban J connectivity index is 1.95. The molecule has 80 valence electrons. The average molecular weight is 217 g/mol. The topological polar surface area (TPSA) is 23.6 Å². The number of halogens is 1. The van der Waals surface area contributed by atoms with Crippen LogP contribution in [-0.4, -0.2) is 54.8 Å². The summed E-state index contributed by atoms with van der Waals surface area (Å²) in [7, 11) is 2.16. The van der Waals surface area contributed by atoms with Crippen molar-refractivity contribution in [2.24, 2.45) is 11.8 Å². The van der Waals surface area contributed by atoms with Gasteiger partial charge in [-0.25, -0.2) is 0 Å². The van der Waals surface area contributed by atoms with Crippen molar-refractivity contribution in [3.63, 3.8) is 0 Å². The molecule has 2 rings (SSSR count). The van der Waals surface area contributed by atoms with Crippen LogP contribution in [0.1, 0.15) is 6.42 Å². The van der Waals surface area contributed by atoms with Crippen molar-refractivity contribution in [2.75, 3.05) is 39.1 Å². The number of rotatable bonds is 1. The maximum atomic E-state index is 11.4. The van der Waals surface area contributed by atoms with Crippen molar-refractivity contribution >= 4 is 17.5 Å². The van der Waals surface area contributed by atoms with E-state index in [1.165, 1.54) is 13.0 Å². The smallest absolute Gasteiger partial charge is 0.237 e. The van der Waals surface area contributed by atoms with Gasteiger partial charge in [0.2, 0.25) is 5.91 Å². The van der Waals surface area contributed by atoms with Crippen molar-refractivity contribution in [1.29, 1.82) is 0 Å². The summed E-state index contributed by atoms with van der Waals surface area (Å²) in [6.07, 6.45) is 1.23. The molecule has 0 N–H and O–H groups in total. The zero-order chi connectivity index (χ0) is 10.1. The number of carbonyl (C=O) groups is 1. The van der Waals surface area contributed by atoms with E-state index in [-0.39, 0.29) is 11.8 Å². The van der Waals surface area contributed by atoms with Gasteiger partial charge in [0.1, 0.15) is 5.88 Å². The lowest BCUT2D eigenvalue weighted by Crippen LogP contribution is -2.37. The van der Waals surface area contributed by atoms with Gasteiger partial charge in [0.25, 0.3) is 0 Å². The maximum Gasteiger partial charge on any atom is 0.237 e. The van der Waals surface area contributed by atoms with E-state index < -0.39 is 0 Å². The van der Waals surface area contributed by atoms with Crippen LogP contribution in [0.25, 0.3) is 0 Å². The van der Waals surface area contributed by atoms with Crippen LogP contribution >= 0.6 is 11.6 Å². The van der Waals surface area contributed by atoms with E-state index >= 15 is 0 Å². The highest BCUT2D eigenvalue weighted by molar-refractivity contribution is 6.27. The predicted octanol–water partition coefficient (Wildman–Crippen LogP) is 0.635. The van der Waals surface area contributed by atoms with E-state index in [0.717, 1.165) is 25.6 Å². The minimum Gasteiger partial charge on any atom is -0.341 e. The van der Waals surface area contributed by atoms with Crippen LogP contribution in [0.3, 0.4) is 0 Å². The first-order valence-electron chi connectivity index (χ1n) is 5.23. The first-order chi connectivity index (χ1) is 6.70. The van der Waals surface area contributed by atoms with Crippen LogP contribution in [0.2, 0.25) is 0 Å². The second-order valence-corrected chi connectivity index (χ2v) is 4.77. The van der Waals surface area contributed by atoms with Crippen LogP contribution in [0.5, 0.6) is 0 Å². The first-order valence-corrected chi connectivity index (χ1v) is 5.76.